The lowest BCUT2D eigenvalue weighted by molar-refractivity contribution is -0.0659. The summed E-state index contributed by atoms with van der Waals surface area (Å²) in [6, 6.07) is 6.70. The lowest BCUT2D eigenvalue weighted by Gasteiger charge is -2.40. The number of benzene rings is 1. The van der Waals surface area contributed by atoms with Crippen LogP contribution in [0.5, 0.6) is 0 Å². The van der Waals surface area contributed by atoms with Crippen LogP contribution >= 0.6 is 0 Å². The topological polar surface area (TPSA) is 41.4 Å². The monoisotopic (exact) mass is 512 g/mol. The molecule has 0 bridgehead atoms. The number of hydrogen-bond donors (Lipinski definition) is 0. The van der Waals surface area contributed by atoms with Gasteiger partial charge in [-0.25, -0.2) is 13.2 Å². The van der Waals surface area contributed by atoms with Gasteiger partial charge in [0.1, 0.15) is 5.82 Å². The van der Waals surface area contributed by atoms with Gasteiger partial charge < -0.3 is 9.47 Å². The Morgan fingerprint density at radius 3 is 2.49 bits per heavy atom. The Hall–Kier alpha value is -2.87. The summed E-state index contributed by atoms with van der Waals surface area (Å²) in [5, 5.41) is 1.08. The minimum Gasteiger partial charge on any atom is -0.339 e. The Morgan fingerprint density at radius 1 is 1.11 bits per heavy atom. The molecule has 8 heteroatoms. The van der Waals surface area contributed by atoms with Gasteiger partial charge in [-0.3, -0.25) is 14.7 Å². The fourth-order valence-corrected chi connectivity index (χ4v) is 5.91. The number of likely N-dealkylation sites (tertiary alicyclic amines) is 1. The van der Waals surface area contributed by atoms with Gasteiger partial charge in [0, 0.05) is 62.8 Å². The van der Waals surface area contributed by atoms with Crippen molar-refractivity contribution < 1.29 is 18.0 Å². The third-order valence-corrected chi connectivity index (χ3v) is 8.36. The average molecular weight is 513 g/mol. The van der Waals surface area contributed by atoms with Gasteiger partial charge in [0.25, 0.3) is 11.8 Å². The number of amides is 1. The van der Waals surface area contributed by atoms with E-state index in [-0.39, 0.29) is 24.8 Å². The molecule has 5 rings (SSSR count). The summed E-state index contributed by atoms with van der Waals surface area (Å²) in [5.41, 5.74) is 3.02. The van der Waals surface area contributed by atoms with Crippen LogP contribution in [0.3, 0.4) is 0 Å². The molecule has 1 aromatic carbocycles. The second-order valence-electron chi connectivity index (χ2n) is 10.9. The molecule has 1 aliphatic heterocycles. The number of carbonyl (C=O) groups excluding carboxylic acids is 1. The molecule has 0 radical (unpaired) electrons. The van der Waals surface area contributed by atoms with Crippen LogP contribution in [-0.2, 0) is 0 Å². The van der Waals surface area contributed by atoms with Gasteiger partial charge in [0.15, 0.2) is 0 Å². The van der Waals surface area contributed by atoms with E-state index in [1.165, 1.54) is 17.7 Å². The van der Waals surface area contributed by atoms with Gasteiger partial charge in [0.05, 0.1) is 23.0 Å². The molecule has 2 aromatic heterocycles. The maximum absolute atomic E-state index is 14.3. The van der Waals surface area contributed by atoms with Gasteiger partial charge in [-0.05, 0) is 75.3 Å². The molecular weight excluding hydrogens is 477 g/mol. The minimum absolute atomic E-state index is 0.0245. The molecule has 0 unspecified atom stereocenters. The van der Waals surface area contributed by atoms with Crippen molar-refractivity contribution in [2.24, 2.45) is 0 Å². The van der Waals surface area contributed by atoms with Crippen LogP contribution in [0, 0.1) is 5.82 Å². The van der Waals surface area contributed by atoms with E-state index in [1.807, 2.05) is 24.5 Å². The number of piperidine rings is 1. The Bertz CT molecular complexity index is 1270. The summed E-state index contributed by atoms with van der Waals surface area (Å²) in [4.78, 5) is 21.5. The van der Waals surface area contributed by atoms with Gasteiger partial charge >= 0.3 is 0 Å². The van der Waals surface area contributed by atoms with E-state index < -0.39 is 11.7 Å². The Kier molecular flexibility index (Phi) is 7.05. The van der Waals surface area contributed by atoms with Gasteiger partial charge in [-0.15, -0.1) is 0 Å². The summed E-state index contributed by atoms with van der Waals surface area (Å²) >= 11 is 0. The van der Waals surface area contributed by atoms with Crippen LogP contribution in [0.15, 0.2) is 42.9 Å². The maximum atomic E-state index is 14.3. The van der Waals surface area contributed by atoms with Crippen molar-refractivity contribution in [3.8, 4) is 5.69 Å². The number of fused-ring (bicyclic) bond motifs is 1. The van der Waals surface area contributed by atoms with Crippen molar-refractivity contribution in [2.45, 2.75) is 76.3 Å². The predicted octanol–water partition coefficient (Wildman–Crippen LogP) is 6.40. The molecule has 2 fully saturated rings. The highest BCUT2D eigenvalue weighted by molar-refractivity contribution is 5.99. The number of carbonyl (C=O) groups is 1. The van der Waals surface area contributed by atoms with Crippen molar-refractivity contribution in [1.82, 2.24) is 19.4 Å². The molecule has 0 N–H and O–H groups in total. The molecule has 1 saturated heterocycles. The molecule has 0 atom stereocenters. The summed E-state index contributed by atoms with van der Waals surface area (Å²) in [7, 11) is 1.73. The number of hydrogen-bond acceptors (Lipinski definition) is 3. The first-order chi connectivity index (χ1) is 17.6. The maximum Gasteiger partial charge on any atom is 0.256 e. The zero-order chi connectivity index (χ0) is 26.3. The lowest BCUT2D eigenvalue weighted by Crippen LogP contribution is -2.46. The highest BCUT2D eigenvalue weighted by Crippen LogP contribution is 2.41. The molecule has 1 aliphatic carbocycles. The second-order valence-corrected chi connectivity index (χ2v) is 10.9. The molecule has 3 aromatic rings. The van der Waals surface area contributed by atoms with Crippen LogP contribution in [-0.4, -0.2) is 63.4 Å². The molecule has 2 aliphatic rings. The molecule has 5 nitrogen and oxygen atoms in total. The van der Waals surface area contributed by atoms with Crippen molar-refractivity contribution in [1.29, 1.82) is 0 Å². The molecule has 198 valence electrons. The lowest BCUT2D eigenvalue weighted by atomic mass is 9.80. The predicted molar refractivity (Wildman–Crippen MR) is 139 cm³/mol. The number of halogens is 3. The fraction of sp³-hybridized carbons (Fsp3) is 0.517. The smallest absolute Gasteiger partial charge is 0.256 e. The Morgan fingerprint density at radius 2 is 1.81 bits per heavy atom. The SMILES string of the molecule is CC(C)N(C)C(=O)c1cc(F)ccc1-n1cc([C@H]2CC[C@H](N3CCC(F)(F)CC3)CC2)c2ccncc21. The zero-order valence-corrected chi connectivity index (χ0v) is 21.8. The first-order valence-corrected chi connectivity index (χ1v) is 13.3. The summed E-state index contributed by atoms with van der Waals surface area (Å²) in [5.74, 6) is -2.88. The van der Waals surface area contributed by atoms with E-state index in [4.69, 9.17) is 0 Å². The van der Waals surface area contributed by atoms with Crippen LogP contribution in [0.4, 0.5) is 13.2 Å². The third-order valence-electron chi connectivity index (χ3n) is 8.36. The Labute approximate surface area is 216 Å². The molecule has 37 heavy (non-hydrogen) atoms. The van der Waals surface area contributed by atoms with Crippen LogP contribution in [0.1, 0.15) is 74.2 Å². The first-order valence-electron chi connectivity index (χ1n) is 13.3. The number of alkyl halides is 2. The van der Waals surface area contributed by atoms with Gasteiger partial charge in [-0.2, -0.15) is 0 Å². The summed E-state index contributed by atoms with van der Waals surface area (Å²) in [6.07, 6.45) is 9.48. The molecular formula is C29H35F3N4O. The molecule has 1 saturated carbocycles. The normalized spacial score (nSPS) is 22.5. The fourth-order valence-electron chi connectivity index (χ4n) is 5.91. The number of aromatic nitrogens is 2. The largest absolute Gasteiger partial charge is 0.339 e. The quantitative estimate of drug-likeness (QED) is 0.397. The molecule has 0 spiro atoms. The molecule has 3 heterocycles. The van der Waals surface area contributed by atoms with E-state index in [9.17, 15) is 18.0 Å². The highest BCUT2D eigenvalue weighted by Gasteiger charge is 2.37. The van der Waals surface area contributed by atoms with Crippen molar-refractivity contribution in [3.05, 3.63) is 59.8 Å². The van der Waals surface area contributed by atoms with Crippen molar-refractivity contribution in [3.63, 3.8) is 0 Å². The van der Waals surface area contributed by atoms with E-state index in [0.29, 0.717) is 36.3 Å². The summed E-state index contributed by atoms with van der Waals surface area (Å²) < 4.78 is 43.5. The highest BCUT2D eigenvalue weighted by atomic mass is 19.3. The van der Waals surface area contributed by atoms with Crippen LogP contribution in [0.25, 0.3) is 16.6 Å². The number of pyridine rings is 1. The number of nitrogens with zero attached hydrogens (tertiary/aromatic N) is 4. The van der Waals surface area contributed by atoms with Gasteiger partial charge in [-0.1, -0.05) is 0 Å². The average Bonchev–Trinajstić information content (AvgIpc) is 3.27. The second kappa shape index (κ2) is 10.1. The van der Waals surface area contributed by atoms with E-state index in [0.717, 1.165) is 36.6 Å². The van der Waals surface area contributed by atoms with Crippen LogP contribution in [0.2, 0.25) is 0 Å². The standard InChI is InChI=1S/C29H35F3N4O/c1-19(2)34(3)28(37)24-16-21(30)6-9-26(24)36-18-25(23-10-13-33-17-27(23)36)20-4-7-22(8-5-20)35-14-11-29(31,32)12-15-35/h6,9-10,13,16-20,22H,4-5,7-8,11-12,14-15H2,1-3H3/t20-,22-. The van der Waals surface area contributed by atoms with Crippen molar-refractivity contribution >= 4 is 16.8 Å². The molecule has 1 amide bonds. The van der Waals surface area contributed by atoms with Gasteiger partial charge in [0.2, 0.25) is 0 Å². The summed E-state index contributed by atoms with van der Waals surface area (Å²) in [6.45, 7) is 4.80. The van der Waals surface area contributed by atoms with E-state index >= 15 is 0 Å². The minimum atomic E-state index is -2.52. The van der Waals surface area contributed by atoms with Crippen molar-refractivity contribution in [2.75, 3.05) is 20.1 Å². The number of rotatable bonds is 5. The van der Waals surface area contributed by atoms with E-state index in [2.05, 4.69) is 16.1 Å². The third kappa shape index (κ3) is 5.13. The Balaban J connectivity index is 1.44. The first kappa shape index (κ1) is 25.8. The van der Waals surface area contributed by atoms with Crippen LogP contribution < -0.4 is 0 Å². The van der Waals surface area contributed by atoms with E-state index in [1.54, 1.807) is 30.4 Å². The zero-order valence-electron chi connectivity index (χ0n) is 21.8.